The second kappa shape index (κ2) is 8.31. The van der Waals surface area contributed by atoms with Crippen LogP contribution >= 0.6 is 0 Å². The van der Waals surface area contributed by atoms with E-state index in [-0.39, 0.29) is 17.1 Å². The van der Waals surface area contributed by atoms with E-state index >= 15 is 0 Å². The minimum atomic E-state index is -0.490. The third-order valence-electron chi connectivity index (χ3n) is 4.91. The summed E-state index contributed by atoms with van der Waals surface area (Å²) in [5.41, 5.74) is 0.373. The second-order valence-corrected chi connectivity index (χ2v) is 6.67. The number of aromatic hydroxyl groups is 1. The van der Waals surface area contributed by atoms with Crippen molar-refractivity contribution in [3.05, 3.63) is 88.5 Å². The number of aromatic nitrogens is 1. The van der Waals surface area contributed by atoms with Crippen molar-refractivity contribution in [2.75, 3.05) is 14.2 Å². The van der Waals surface area contributed by atoms with Crippen molar-refractivity contribution in [3.8, 4) is 23.1 Å². The number of rotatable bonds is 5. The fourth-order valence-electron chi connectivity index (χ4n) is 3.38. The minimum absolute atomic E-state index is 0.120. The van der Waals surface area contributed by atoms with Gasteiger partial charge in [-0.25, -0.2) is 8.96 Å². The summed E-state index contributed by atoms with van der Waals surface area (Å²) in [5, 5.41) is 11.9. The Morgan fingerprint density at radius 2 is 1.61 bits per heavy atom. The molecule has 7 heteroatoms. The molecule has 0 saturated heterocycles. The first kappa shape index (κ1) is 20.2. The largest absolute Gasteiger partial charge is 0.494 e. The van der Waals surface area contributed by atoms with Crippen LogP contribution in [-0.4, -0.2) is 30.1 Å². The summed E-state index contributed by atoms with van der Waals surface area (Å²) in [5.74, 6) is 0.0775. The molecule has 1 N–H and O–H groups in total. The molecule has 0 spiro atoms. The van der Waals surface area contributed by atoms with Gasteiger partial charge in [-0.05, 0) is 30.3 Å². The van der Waals surface area contributed by atoms with Crippen LogP contribution < -0.4 is 15.0 Å². The fourth-order valence-corrected chi connectivity index (χ4v) is 3.38. The molecule has 0 aliphatic rings. The lowest BCUT2D eigenvalue weighted by molar-refractivity contribution is 0.354. The predicted molar refractivity (Wildman–Crippen MR) is 118 cm³/mol. The Morgan fingerprint density at radius 3 is 2.32 bits per heavy atom. The van der Waals surface area contributed by atoms with Gasteiger partial charge < -0.3 is 14.6 Å². The maximum Gasteiger partial charge on any atom is 0.265 e. The topological polar surface area (TPSA) is 73.0 Å². The molecule has 0 saturated carbocycles. The maximum atomic E-state index is 14.0. The van der Waals surface area contributed by atoms with Crippen molar-refractivity contribution >= 4 is 22.7 Å². The van der Waals surface area contributed by atoms with Crippen molar-refractivity contribution in [1.29, 1.82) is 0 Å². The van der Waals surface area contributed by atoms with Crippen LogP contribution in [0.1, 0.15) is 5.56 Å². The molecular formula is C24H19FN2O4. The number of pyridine rings is 1. The summed E-state index contributed by atoms with van der Waals surface area (Å²) < 4.78 is 25.7. The molecule has 6 nitrogen and oxygen atoms in total. The molecule has 0 aliphatic carbocycles. The highest BCUT2D eigenvalue weighted by Gasteiger charge is 2.17. The highest BCUT2D eigenvalue weighted by molar-refractivity contribution is 6.02. The smallest absolute Gasteiger partial charge is 0.265 e. The van der Waals surface area contributed by atoms with Gasteiger partial charge in [0.25, 0.3) is 5.56 Å². The third kappa shape index (κ3) is 3.61. The number of benzene rings is 3. The Labute approximate surface area is 177 Å². The van der Waals surface area contributed by atoms with Gasteiger partial charge in [-0.1, -0.05) is 30.3 Å². The van der Waals surface area contributed by atoms with Crippen molar-refractivity contribution < 1.29 is 19.0 Å². The third-order valence-corrected chi connectivity index (χ3v) is 4.91. The van der Waals surface area contributed by atoms with E-state index in [0.29, 0.717) is 28.0 Å². The molecule has 3 aromatic carbocycles. The summed E-state index contributed by atoms with van der Waals surface area (Å²) >= 11 is 0. The lowest BCUT2D eigenvalue weighted by atomic mass is 10.1. The van der Waals surface area contributed by atoms with Crippen molar-refractivity contribution in [3.63, 3.8) is 0 Å². The van der Waals surface area contributed by atoms with Gasteiger partial charge in [0, 0.05) is 23.1 Å². The minimum Gasteiger partial charge on any atom is -0.494 e. The number of halogens is 1. The Kier molecular flexibility index (Phi) is 5.41. The second-order valence-electron chi connectivity index (χ2n) is 6.67. The van der Waals surface area contributed by atoms with Gasteiger partial charge in [0.05, 0.1) is 31.2 Å². The van der Waals surface area contributed by atoms with Crippen LogP contribution in [0.3, 0.4) is 0 Å². The molecule has 0 atom stereocenters. The number of ether oxygens (including phenoxy) is 2. The molecule has 4 rings (SSSR count). The van der Waals surface area contributed by atoms with Gasteiger partial charge in [0.1, 0.15) is 5.82 Å². The Balaban J connectivity index is 1.98. The number of hydrogen-bond donors (Lipinski definition) is 1. The average Bonchev–Trinajstić information content (AvgIpc) is 2.80. The zero-order valence-corrected chi connectivity index (χ0v) is 16.9. The lowest BCUT2D eigenvalue weighted by Gasteiger charge is -2.15. The fraction of sp³-hybridized carbons (Fsp3) is 0.0833. The number of para-hydroxylation sites is 1. The molecule has 31 heavy (non-hydrogen) atoms. The summed E-state index contributed by atoms with van der Waals surface area (Å²) in [6.07, 6.45) is 1.35. The molecule has 0 radical (unpaired) electrons. The van der Waals surface area contributed by atoms with Crippen LogP contribution in [0.2, 0.25) is 0 Å². The molecule has 0 unspecified atom stereocenters. The van der Waals surface area contributed by atoms with E-state index < -0.39 is 11.4 Å². The zero-order chi connectivity index (χ0) is 22.0. The highest BCUT2D eigenvalue weighted by Crippen LogP contribution is 2.32. The van der Waals surface area contributed by atoms with Crippen molar-refractivity contribution in [2.45, 2.75) is 0 Å². The van der Waals surface area contributed by atoms with Crippen LogP contribution in [0.5, 0.6) is 17.4 Å². The monoisotopic (exact) mass is 418 g/mol. The molecule has 0 fully saturated rings. The van der Waals surface area contributed by atoms with Crippen LogP contribution in [-0.2, 0) is 0 Å². The molecular weight excluding hydrogens is 399 g/mol. The molecule has 0 amide bonds. The first-order chi connectivity index (χ1) is 15.0. The molecule has 1 heterocycles. The quantitative estimate of drug-likeness (QED) is 0.481. The van der Waals surface area contributed by atoms with Crippen molar-refractivity contribution in [1.82, 2.24) is 4.57 Å². The summed E-state index contributed by atoms with van der Waals surface area (Å²) in [7, 11) is 2.99. The van der Waals surface area contributed by atoms with Gasteiger partial charge in [-0.3, -0.25) is 9.79 Å². The number of nitrogens with zero attached hydrogens (tertiary/aromatic N) is 2. The van der Waals surface area contributed by atoms with E-state index in [1.165, 1.54) is 32.6 Å². The zero-order valence-electron chi connectivity index (χ0n) is 16.9. The summed E-state index contributed by atoms with van der Waals surface area (Å²) in [6.45, 7) is 0. The van der Waals surface area contributed by atoms with Gasteiger partial charge in [0.15, 0.2) is 11.5 Å². The van der Waals surface area contributed by atoms with Gasteiger partial charge in [-0.2, -0.15) is 0 Å². The number of fused-ring (bicyclic) bond motifs is 1. The van der Waals surface area contributed by atoms with Crippen LogP contribution in [0.25, 0.3) is 16.5 Å². The van der Waals surface area contributed by atoms with Crippen LogP contribution in [0, 0.1) is 5.82 Å². The van der Waals surface area contributed by atoms with Crippen molar-refractivity contribution in [2.24, 2.45) is 4.99 Å². The Morgan fingerprint density at radius 1 is 0.935 bits per heavy atom. The standard InChI is InChI=1S/C24H19FN2O4/c1-30-21-12-11-15(13-22(21)31-2)27-23(28)17-8-4-3-7-16(17)18(24(27)29)14-26-20-10-6-5-9-19(20)25/h3-14,29H,1-2H3. The van der Waals surface area contributed by atoms with Crippen LogP contribution in [0.15, 0.2) is 76.5 Å². The van der Waals surface area contributed by atoms with Gasteiger partial charge in [-0.15, -0.1) is 0 Å². The first-order valence-electron chi connectivity index (χ1n) is 9.43. The Bertz CT molecular complexity index is 1360. The normalized spacial score (nSPS) is 11.2. The SMILES string of the molecule is COc1ccc(-n2c(O)c(C=Nc3ccccc3F)c3ccccc3c2=O)cc1OC. The maximum absolute atomic E-state index is 14.0. The van der Waals surface area contributed by atoms with E-state index in [0.717, 1.165) is 4.57 Å². The van der Waals surface area contributed by atoms with E-state index in [2.05, 4.69) is 4.99 Å². The Hall–Kier alpha value is -4.13. The van der Waals surface area contributed by atoms with Gasteiger partial charge in [0.2, 0.25) is 5.88 Å². The number of aliphatic imine (C=N–C) groups is 1. The molecule has 1 aromatic heterocycles. The molecule has 0 bridgehead atoms. The average molecular weight is 418 g/mol. The summed E-state index contributed by atoms with van der Waals surface area (Å²) in [6, 6.07) is 17.8. The molecule has 4 aromatic rings. The van der Waals surface area contributed by atoms with E-state index in [4.69, 9.17) is 9.47 Å². The van der Waals surface area contributed by atoms with Gasteiger partial charge >= 0.3 is 0 Å². The first-order valence-corrected chi connectivity index (χ1v) is 9.43. The van der Waals surface area contributed by atoms with E-state index in [9.17, 15) is 14.3 Å². The predicted octanol–water partition coefficient (Wildman–Crippen LogP) is 4.60. The summed E-state index contributed by atoms with van der Waals surface area (Å²) in [4.78, 5) is 17.4. The molecule has 0 aliphatic heterocycles. The lowest BCUT2D eigenvalue weighted by Crippen LogP contribution is -2.20. The van der Waals surface area contributed by atoms with E-state index in [1.807, 2.05) is 0 Å². The van der Waals surface area contributed by atoms with Crippen LogP contribution in [0.4, 0.5) is 10.1 Å². The van der Waals surface area contributed by atoms with E-state index in [1.54, 1.807) is 54.6 Å². The molecule has 156 valence electrons. The number of methoxy groups -OCH3 is 2. The highest BCUT2D eigenvalue weighted by atomic mass is 19.1. The number of hydrogen-bond acceptors (Lipinski definition) is 5.